The van der Waals surface area contributed by atoms with Crippen molar-refractivity contribution in [3.8, 4) is 0 Å². The van der Waals surface area contributed by atoms with Crippen molar-refractivity contribution in [2.75, 3.05) is 13.7 Å². The molecule has 3 rings (SSSR count). The third kappa shape index (κ3) is 3.19. The van der Waals surface area contributed by atoms with Crippen LogP contribution in [-0.4, -0.2) is 27.7 Å². The minimum absolute atomic E-state index is 0.0313. The Bertz CT molecular complexity index is 843. The molecule has 4 nitrogen and oxygen atoms in total. The Morgan fingerprint density at radius 2 is 1.75 bits per heavy atom. The normalized spacial score (nSPS) is 16.1. The smallest absolute Gasteiger partial charge is 0.243 e. The summed E-state index contributed by atoms with van der Waals surface area (Å²) >= 11 is 0. The van der Waals surface area contributed by atoms with E-state index in [9.17, 15) is 17.2 Å². The van der Waals surface area contributed by atoms with E-state index in [0.717, 1.165) is 23.3 Å². The molecule has 0 aromatic heterocycles. The van der Waals surface area contributed by atoms with Crippen LogP contribution in [0.1, 0.15) is 11.1 Å². The summed E-state index contributed by atoms with van der Waals surface area (Å²) in [6, 6.07) is 10.1. The molecule has 1 N–H and O–H groups in total. The van der Waals surface area contributed by atoms with Gasteiger partial charge in [0.1, 0.15) is 16.5 Å². The van der Waals surface area contributed by atoms with Crippen molar-refractivity contribution in [3.63, 3.8) is 0 Å². The van der Waals surface area contributed by atoms with Crippen LogP contribution in [0, 0.1) is 11.6 Å². The van der Waals surface area contributed by atoms with Crippen molar-refractivity contribution in [1.82, 2.24) is 4.72 Å². The Morgan fingerprint density at radius 1 is 1.12 bits per heavy atom. The van der Waals surface area contributed by atoms with E-state index in [1.54, 1.807) is 0 Å². The van der Waals surface area contributed by atoms with Gasteiger partial charge in [-0.05, 0) is 29.3 Å². The summed E-state index contributed by atoms with van der Waals surface area (Å²) in [5.74, 6) is -1.81. The highest BCUT2D eigenvalue weighted by atomic mass is 32.2. The van der Waals surface area contributed by atoms with Gasteiger partial charge in [0.05, 0.1) is 5.60 Å². The maximum Gasteiger partial charge on any atom is 0.243 e. The van der Waals surface area contributed by atoms with Crippen LogP contribution >= 0.6 is 0 Å². The van der Waals surface area contributed by atoms with E-state index in [1.165, 1.54) is 7.11 Å². The molecule has 128 valence electrons. The molecule has 0 amide bonds. The highest BCUT2D eigenvalue weighted by Crippen LogP contribution is 2.32. The zero-order chi connectivity index (χ0) is 17.4. The fraction of sp³-hybridized carbons (Fsp3) is 0.294. The Labute approximate surface area is 139 Å². The first-order valence-electron chi connectivity index (χ1n) is 7.42. The largest absolute Gasteiger partial charge is 0.376 e. The lowest BCUT2D eigenvalue weighted by atomic mass is 10.0. The molecule has 1 aliphatic carbocycles. The zero-order valence-corrected chi connectivity index (χ0v) is 13.9. The second-order valence-electron chi connectivity index (χ2n) is 5.91. The summed E-state index contributed by atoms with van der Waals surface area (Å²) in [4.78, 5) is -0.704. The second-order valence-corrected chi connectivity index (χ2v) is 7.64. The number of halogens is 2. The molecule has 0 heterocycles. The van der Waals surface area contributed by atoms with E-state index >= 15 is 0 Å². The molecule has 7 heteroatoms. The quantitative estimate of drug-likeness (QED) is 0.898. The van der Waals surface area contributed by atoms with Crippen molar-refractivity contribution < 1.29 is 21.9 Å². The van der Waals surface area contributed by atoms with Crippen molar-refractivity contribution in [3.05, 3.63) is 65.2 Å². The second kappa shape index (κ2) is 6.23. The molecule has 1 aliphatic rings. The fourth-order valence-corrected chi connectivity index (χ4v) is 4.19. The van der Waals surface area contributed by atoms with Gasteiger partial charge in [0.2, 0.25) is 10.0 Å². The molecule has 0 atom stereocenters. The van der Waals surface area contributed by atoms with Gasteiger partial charge >= 0.3 is 0 Å². The number of hydrogen-bond acceptors (Lipinski definition) is 3. The lowest BCUT2D eigenvalue weighted by Crippen LogP contribution is -2.45. The lowest BCUT2D eigenvalue weighted by Gasteiger charge is -2.27. The average molecular weight is 353 g/mol. The molecule has 0 unspecified atom stereocenters. The minimum atomic E-state index is -4.18. The lowest BCUT2D eigenvalue weighted by molar-refractivity contribution is 0.00377. The van der Waals surface area contributed by atoms with Gasteiger partial charge in [-0.3, -0.25) is 0 Å². The van der Waals surface area contributed by atoms with E-state index in [2.05, 4.69) is 4.72 Å². The van der Waals surface area contributed by atoms with Gasteiger partial charge in [-0.15, -0.1) is 0 Å². The van der Waals surface area contributed by atoms with Crippen LogP contribution in [0.2, 0.25) is 0 Å². The molecule has 0 bridgehead atoms. The van der Waals surface area contributed by atoms with Crippen LogP contribution in [-0.2, 0) is 27.6 Å². The molecule has 2 aromatic carbocycles. The van der Waals surface area contributed by atoms with E-state index in [-0.39, 0.29) is 6.54 Å². The summed E-state index contributed by atoms with van der Waals surface area (Å²) < 4.78 is 59.6. The highest BCUT2D eigenvalue weighted by Gasteiger charge is 2.38. The number of nitrogens with one attached hydrogen (secondary N) is 1. The predicted octanol–water partition coefficient (Wildman–Crippen LogP) is 2.43. The molecule has 0 saturated carbocycles. The van der Waals surface area contributed by atoms with Crippen LogP contribution in [0.3, 0.4) is 0 Å². The number of sulfonamides is 1. The number of benzene rings is 2. The first-order chi connectivity index (χ1) is 11.4. The van der Waals surface area contributed by atoms with Crippen molar-refractivity contribution >= 4 is 10.0 Å². The van der Waals surface area contributed by atoms with E-state index in [1.807, 2.05) is 24.3 Å². The van der Waals surface area contributed by atoms with Crippen LogP contribution in [0.4, 0.5) is 8.78 Å². The van der Waals surface area contributed by atoms with Gasteiger partial charge in [-0.2, -0.15) is 0 Å². The topological polar surface area (TPSA) is 55.4 Å². The van der Waals surface area contributed by atoms with Crippen LogP contribution < -0.4 is 4.72 Å². The molecule has 2 aromatic rings. The number of hydrogen-bond donors (Lipinski definition) is 1. The van der Waals surface area contributed by atoms with Gasteiger partial charge in [0.25, 0.3) is 0 Å². The third-order valence-corrected chi connectivity index (χ3v) is 5.76. The number of ether oxygens (including phenoxy) is 1. The zero-order valence-electron chi connectivity index (χ0n) is 13.1. The maximum atomic E-state index is 13.7. The predicted molar refractivity (Wildman–Crippen MR) is 85.1 cm³/mol. The molecule has 0 aliphatic heterocycles. The van der Waals surface area contributed by atoms with E-state index < -0.39 is 32.2 Å². The Hall–Kier alpha value is -1.83. The Morgan fingerprint density at radius 3 is 2.33 bits per heavy atom. The molecule has 0 radical (unpaired) electrons. The Kier molecular flexibility index (Phi) is 4.42. The van der Waals surface area contributed by atoms with Crippen LogP contribution in [0.5, 0.6) is 0 Å². The fourth-order valence-electron chi connectivity index (χ4n) is 2.99. The first kappa shape index (κ1) is 17.0. The third-order valence-electron chi connectivity index (χ3n) is 4.34. The molecule has 24 heavy (non-hydrogen) atoms. The van der Waals surface area contributed by atoms with Gasteiger partial charge < -0.3 is 4.74 Å². The summed E-state index contributed by atoms with van der Waals surface area (Å²) in [6.45, 7) is -0.0313. The minimum Gasteiger partial charge on any atom is -0.376 e. The maximum absolute atomic E-state index is 13.7. The number of rotatable bonds is 5. The molecular formula is C17H17F2NO3S. The summed E-state index contributed by atoms with van der Waals surface area (Å²) in [7, 11) is -2.66. The van der Waals surface area contributed by atoms with Gasteiger partial charge in [0.15, 0.2) is 0 Å². The number of methoxy groups -OCH3 is 1. The van der Waals surface area contributed by atoms with E-state index in [0.29, 0.717) is 18.9 Å². The molecule has 0 fully saturated rings. The average Bonchev–Trinajstić information content (AvgIpc) is 2.94. The standard InChI is InChI=1S/C17H17F2NO3S/c1-23-17(9-12-4-2-3-5-13(12)10-17)11-20-24(21,22)16-8-14(18)6-7-15(16)19/h2-8,20H,9-11H2,1H3. The Balaban J connectivity index is 1.80. The molecule has 0 spiro atoms. The number of fused-ring (bicyclic) bond motifs is 1. The van der Waals surface area contributed by atoms with Crippen LogP contribution in [0.25, 0.3) is 0 Å². The summed E-state index contributed by atoms with van der Waals surface area (Å²) in [6.07, 6.45) is 1.10. The van der Waals surface area contributed by atoms with Gasteiger partial charge in [0, 0.05) is 26.5 Å². The molecular weight excluding hydrogens is 336 g/mol. The summed E-state index contributed by atoms with van der Waals surface area (Å²) in [5.41, 5.74) is 1.45. The monoisotopic (exact) mass is 353 g/mol. The highest BCUT2D eigenvalue weighted by molar-refractivity contribution is 7.89. The first-order valence-corrected chi connectivity index (χ1v) is 8.90. The SMILES string of the molecule is COC1(CNS(=O)(=O)c2cc(F)ccc2F)Cc2ccccc2C1. The van der Waals surface area contributed by atoms with E-state index in [4.69, 9.17) is 4.74 Å². The van der Waals surface area contributed by atoms with Crippen molar-refractivity contribution in [1.29, 1.82) is 0 Å². The summed E-state index contributed by atoms with van der Waals surface area (Å²) in [5, 5.41) is 0. The molecule has 0 saturated heterocycles. The van der Waals surface area contributed by atoms with Crippen LogP contribution in [0.15, 0.2) is 47.4 Å². The van der Waals surface area contributed by atoms with Crippen molar-refractivity contribution in [2.24, 2.45) is 0 Å². The van der Waals surface area contributed by atoms with Gasteiger partial charge in [-0.25, -0.2) is 21.9 Å². The van der Waals surface area contributed by atoms with Crippen molar-refractivity contribution in [2.45, 2.75) is 23.3 Å². The van der Waals surface area contributed by atoms with Gasteiger partial charge in [-0.1, -0.05) is 24.3 Å².